The van der Waals surface area contributed by atoms with Gasteiger partial charge in [0.25, 0.3) is 0 Å². The standard InChI is InChI=1S/C16H22N2O.ClH/c1-12-4-5-14(13(2)10-12)6-7-16(19)18(3)15-8-9-17-11-15;/h4-7,10,15,17H,8-9,11H2,1-3H3;1H. The Kier molecular flexibility index (Phi) is 6.24. The summed E-state index contributed by atoms with van der Waals surface area (Å²) in [6.45, 7) is 6.05. The molecular weight excluding hydrogens is 272 g/mol. The highest BCUT2D eigenvalue weighted by molar-refractivity contribution is 5.92. The van der Waals surface area contributed by atoms with Crippen molar-refractivity contribution in [1.82, 2.24) is 10.2 Å². The molecule has 1 fully saturated rings. The minimum atomic E-state index is 0. The van der Waals surface area contributed by atoms with E-state index in [1.165, 1.54) is 11.1 Å². The van der Waals surface area contributed by atoms with E-state index in [2.05, 4.69) is 37.4 Å². The molecule has 0 spiro atoms. The highest BCUT2D eigenvalue weighted by atomic mass is 35.5. The minimum Gasteiger partial charge on any atom is -0.338 e. The van der Waals surface area contributed by atoms with Crippen molar-refractivity contribution in [2.75, 3.05) is 20.1 Å². The van der Waals surface area contributed by atoms with Crippen LogP contribution in [0.1, 0.15) is 23.1 Å². The van der Waals surface area contributed by atoms with Crippen LogP contribution in [-0.2, 0) is 4.79 Å². The van der Waals surface area contributed by atoms with Crippen molar-refractivity contribution in [2.45, 2.75) is 26.3 Å². The van der Waals surface area contributed by atoms with Gasteiger partial charge in [0.1, 0.15) is 0 Å². The van der Waals surface area contributed by atoms with Crippen molar-refractivity contribution in [1.29, 1.82) is 0 Å². The Labute approximate surface area is 127 Å². The number of benzene rings is 1. The number of aryl methyl sites for hydroxylation is 2. The van der Waals surface area contributed by atoms with Crippen molar-refractivity contribution < 1.29 is 4.79 Å². The molecule has 0 aromatic heterocycles. The van der Waals surface area contributed by atoms with Crippen molar-refractivity contribution >= 4 is 24.4 Å². The van der Waals surface area contributed by atoms with Gasteiger partial charge in [0, 0.05) is 25.7 Å². The average molecular weight is 295 g/mol. The minimum absolute atomic E-state index is 0. The fourth-order valence-corrected chi connectivity index (χ4v) is 2.44. The van der Waals surface area contributed by atoms with Gasteiger partial charge in [-0.1, -0.05) is 23.8 Å². The SMILES string of the molecule is Cc1ccc(C=CC(=O)N(C)C2CCNC2)c(C)c1.Cl. The highest BCUT2D eigenvalue weighted by Crippen LogP contribution is 2.13. The van der Waals surface area contributed by atoms with Gasteiger partial charge in [-0.2, -0.15) is 0 Å². The first-order chi connectivity index (χ1) is 9.08. The smallest absolute Gasteiger partial charge is 0.246 e. The van der Waals surface area contributed by atoms with Gasteiger partial charge < -0.3 is 10.2 Å². The topological polar surface area (TPSA) is 32.3 Å². The molecule has 1 saturated heterocycles. The van der Waals surface area contributed by atoms with Crippen LogP contribution < -0.4 is 5.32 Å². The Morgan fingerprint density at radius 3 is 2.75 bits per heavy atom. The van der Waals surface area contributed by atoms with Crippen LogP contribution in [0.2, 0.25) is 0 Å². The van der Waals surface area contributed by atoms with E-state index in [0.717, 1.165) is 25.1 Å². The number of rotatable bonds is 3. The molecule has 1 aliphatic heterocycles. The predicted molar refractivity (Wildman–Crippen MR) is 86.2 cm³/mol. The van der Waals surface area contributed by atoms with E-state index in [9.17, 15) is 4.79 Å². The van der Waals surface area contributed by atoms with E-state index in [0.29, 0.717) is 6.04 Å². The van der Waals surface area contributed by atoms with Gasteiger partial charge in [0.05, 0.1) is 0 Å². The molecule has 2 rings (SSSR count). The summed E-state index contributed by atoms with van der Waals surface area (Å²) in [5.74, 6) is 0.0775. The van der Waals surface area contributed by atoms with E-state index >= 15 is 0 Å². The summed E-state index contributed by atoms with van der Waals surface area (Å²) in [7, 11) is 1.88. The van der Waals surface area contributed by atoms with E-state index < -0.39 is 0 Å². The molecule has 1 N–H and O–H groups in total. The summed E-state index contributed by atoms with van der Waals surface area (Å²) >= 11 is 0. The molecule has 0 radical (unpaired) electrons. The monoisotopic (exact) mass is 294 g/mol. The Bertz CT molecular complexity index is 493. The third-order valence-corrected chi connectivity index (χ3v) is 3.76. The second-order valence-corrected chi connectivity index (χ2v) is 5.29. The molecule has 1 amide bonds. The number of carbonyl (C=O) groups is 1. The molecule has 1 aromatic rings. The van der Waals surface area contributed by atoms with Crippen molar-refractivity contribution in [3.63, 3.8) is 0 Å². The van der Waals surface area contributed by atoms with Gasteiger partial charge >= 0.3 is 0 Å². The van der Waals surface area contributed by atoms with E-state index in [1.807, 2.05) is 18.0 Å². The summed E-state index contributed by atoms with van der Waals surface area (Å²) in [5, 5.41) is 3.28. The lowest BCUT2D eigenvalue weighted by molar-refractivity contribution is -0.126. The van der Waals surface area contributed by atoms with Gasteiger partial charge in [-0.25, -0.2) is 0 Å². The molecule has 1 aliphatic rings. The summed E-state index contributed by atoms with van der Waals surface area (Å²) in [6.07, 6.45) is 4.63. The number of halogens is 1. The fourth-order valence-electron chi connectivity index (χ4n) is 2.44. The number of amides is 1. The average Bonchev–Trinajstić information content (AvgIpc) is 2.90. The molecular formula is C16H23ClN2O. The molecule has 20 heavy (non-hydrogen) atoms. The molecule has 0 bridgehead atoms. The van der Waals surface area contributed by atoms with Crippen molar-refractivity contribution in [2.24, 2.45) is 0 Å². The van der Waals surface area contributed by atoms with Crippen LogP contribution in [0, 0.1) is 13.8 Å². The zero-order valence-electron chi connectivity index (χ0n) is 12.3. The first-order valence-electron chi connectivity index (χ1n) is 6.81. The van der Waals surface area contributed by atoms with Crippen LogP contribution in [0.15, 0.2) is 24.3 Å². The Morgan fingerprint density at radius 2 is 2.15 bits per heavy atom. The molecule has 0 aliphatic carbocycles. The number of carbonyl (C=O) groups excluding carboxylic acids is 1. The lowest BCUT2D eigenvalue weighted by atomic mass is 10.1. The van der Waals surface area contributed by atoms with Gasteiger partial charge in [-0.05, 0) is 44.0 Å². The summed E-state index contributed by atoms with van der Waals surface area (Å²) < 4.78 is 0. The van der Waals surface area contributed by atoms with Crippen LogP contribution in [0.3, 0.4) is 0 Å². The Balaban J connectivity index is 0.00000200. The first-order valence-corrected chi connectivity index (χ1v) is 6.81. The zero-order valence-corrected chi connectivity index (χ0v) is 13.2. The lowest BCUT2D eigenvalue weighted by Gasteiger charge is -2.22. The van der Waals surface area contributed by atoms with Gasteiger partial charge in [0.2, 0.25) is 5.91 Å². The Morgan fingerprint density at radius 1 is 1.40 bits per heavy atom. The third kappa shape index (κ3) is 4.09. The van der Waals surface area contributed by atoms with Crippen molar-refractivity contribution in [3.8, 4) is 0 Å². The largest absolute Gasteiger partial charge is 0.338 e. The summed E-state index contributed by atoms with van der Waals surface area (Å²) in [6, 6.07) is 6.60. The van der Waals surface area contributed by atoms with Gasteiger partial charge in [-0.15, -0.1) is 12.4 Å². The number of hydrogen-bond donors (Lipinski definition) is 1. The quantitative estimate of drug-likeness (QED) is 0.869. The number of likely N-dealkylation sites (N-methyl/N-ethyl adjacent to an activating group) is 1. The maximum absolute atomic E-state index is 12.1. The van der Waals surface area contributed by atoms with Gasteiger partial charge in [0.15, 0.2) is 0 Å². The molecule has 1 heterocycles. The molecule has 1 aromatic carbocycles. The predicted octanol–water partition coefficient (Wildman–Crippen LogP) is 2.56. The molecule has 1 atom stereocenters. The van der Waals surface area contributed by atoms with E-state index in [4.69, 9.17) is 0 Å². The van der Waals surface area contributed by atoms with Crippen LogP contribution in [0.4, 0.5) is 0 Å². The van der Waals surface area contributed by atoms with Crippen LogP contribution in [0.25, 0.3) is 6.08 Å². The lowest BCUT2D eigenvalue weighted by Crippen LogP contribution is -2.37. The molecule has 0 saturated carbocycles. The second kappa shape index (κ2) is 7.46. The number of nitrogens with zero attached hydrogens (tertiary/aromatic N) is 1. The van der Waals surface area contributed by atoms with E-state index in [-0.39, 0.29) is 18.3 Å². The third-order valence-electron chi connectivity index (χ3n) is 3.76. The Hall–Kier alpha value is -1.32. The second-order valence-electron chi connectivity index (χ2n) is 5.29. The van der Waals surface area contributed by atoms with Crippen molar-refractivity contribution in [3.05, 3.63) is 41.0 Å². The van der Waals surface area contributed by atoms with E-state index in [1.54, 1.807) is 6.08 Å². The summed E-state index contributed by atoms with van der Waals surface area (Å²) in [4.78, 5) is 13.9. The van der Waals surface area contributed by atoms with Crippen LogP contribution >= 0.6 is 12.4 Å². The van der Waals surface area contributed by atoms with Crippen LogP contribution in [0.5, 0.6) is 0 Å². The number of hydrogen-bond acceptors (Lipinski definition) is 2. The fraction of sp³-hybridized carbons (Fsp3) is 0.438. The molecule has 110 valence electrons. The maximum atomic E-state index is 12.1. The molecule has 3 nitrogen and oxygen atoms in total. The zero-order chi connectivity index (χ0) is 13.8. The summed E-state index contributed by atoms with van der Waals surface area (Å²) in [5.41, 5.74) is 3.56. The highest BCUT2D eigenvalue weighted by Gasteiger charge is 2.21. The van der Waals surface area contributed by atoms with Gasteiger partial charge in [-0.3, -0.25) is 4.79 Å². The first kappa shape index (κ1) is 16.7. The maximum Gasteiger partial charge on any atom is 0.246 e. The molecule has 4 heteroatoms. The molecule has 1 unspecified atom stereocenters. The van der Waals surface area contributed by atoms with Crippen LogP contribution in [-0.4, -0.2) is 37.0 Å². The normalized spacial score (nSPS) is 18.1. The number of nitrogens with one attached hydrogen (secondary N) is 1.